The summed E-state index contributed by atoms with van der Waals surface area (Å²) in [5.41, 5.74) is 0. The maximum absolute atomic E-state index is 11.7. The monoisotopic (exact) mass is 344 g/mol. The molecule has 0 aromatic carbocycles. The van der Waals surface area contributed by atoms with Crippen LogP contribution in [0.1, 0.15) is 97.3 Å². The van der Waals surface area contributed by atoms with Gasteiger partial charge in [0.15, 0.2) is 5.78 Å². The van der Waals surface area contributed by atoms with E-state index in [1.54, 1.807) is 0 Å². The fraction of sp³-hybridized carbons (Fsp3) is 0.875. The van der Waals surface area contributed by atoms with Gasteiger partial charge in [-0.05, 0) is 61.3 Å². The van der Waals surface area contributed by atoms with E-state index in [9.17, 15) is 4.79 Å². The average molecular weight is 345 g/mol. The highest BCUT2D eigenvalue weighted by Crippen LogP contribution is 2.56. The zero-order valence-corrected chi connectivity index (χ0v) is 16.7. The number of fused-ring (bicyclic) bond motifs is 2. The molecule has 0 saturated heterocycles. The molecule has 2 fully saturated rings. The van der Waals surface area contributed by atoms with Crippen LogP contribution in [0.15, 0.2) is 12.2 Å². The number of carbonyl (C=O) groups excluding carboxylic acids is 1. The molecule has 0 N–H and O–H groups in total. The van der Waals surface area contributed by atoms with Crippen molar-refractivity contribution in [1.29, 1.82) is 0 Å². The minimum atomic E-state index is 0.266. The third-order valence-electron chi connectivity index (χ3n) is 7.66. The fourth-order valence-corrected chi connectivity index (χ4v) is 6.16. The molecule has 2 bridgehead atoms. The highest BCUT2D eigenvalue weighted by Gasteiger charge is 2.47. The molecule has 6 atom stereocenters. The summed E-state index contributed by atoms with van der Waals surface area (Å²) in [5.74, 6) is 5.24. The van der Waals surface area contributed by atoms with Gasteiger partial charge in [0.25, 0.3) is 0 Å². The molecule has 0 spiro atoms. The molecule has 3 rings (SSSR count). The zero-order valence-electron chi connectivity index (χ0n) is 16.7. The first-order chi connectivity index (χ1) is 12.2. The lowest BCUT2D eigenvalue weighted by Crippen LogP contribution is -2.28. The second kappa shape index (κ2) is 9.38. The van der Waals surface area contributed by atoms with E-state index in [4.69, 9.17) is 0 Å². The number of carbonyl (C=O) groups is 1. The first-order valence-electron chi connectivity index (χ1n) is 11.4. The van der Waals surface area contributed by atoms with E-state index < -0.39 is 0 Å². The van der Waals surface area contributed by atoms with E-state index in [2.05, 4.69) is 19.9 Å². The van der Waals surface area contributed by atoms with Gasteiger partial charge in [-0.1, -0.05) is 77.7 Å². The van der Waals surface area contributed by atoms with Crippen LogP contribution in [0.25, 0.3) is 0 Å². The largest absolute Gasteiger partial charge is 0.295 e. The third kappa shape index (κ3) is 4.98. The second-order valence-corrected chi connectivity index (χ2v) is 9.48. The van der Waals surface area contributed by atoms with Crippen molar-refractivity contribution in [2.45, 2.75) is 97.3 Å². The van der Waals surface area contributed by atoms with Crippen molar-refractivity contribution < 1.29 is 4.79 Å². The van der Waals surface area contributed by atoms with Gasteiger partial charge in [0.1, 0.15) is 0 Å². The molecule has 3 aliphatic carbocycles. The zero-order chi connectivity index (χ0) is 17.6. The van der Waals surface area contributed by atoms with Gasteiger partial charge < -0.3 is 0 Å². The molecule has 2 saturated carbocycles. The van der Waals surface area contributed by atoms with Crippen LogP contribution in [-0.2, 0) is 4.79 Å². The number of rotatable bonds is 10. The summed E-state index contributed by atoms with van der Waals surface area (Å²) in [5, 5.41) is 0. The molecule has 3 aliphatic rings. The molecule has 0 heterocycles. The highest BCUT2D eigenvalue weighted by atomic mass is 16.1. The van der Waals surface area contributed by atoms with E-state index in [0.717, 1.165) is 30.1 Å². The van der Waals surface area contributed by atoms with Gasteiger partial charge in [0.05, 0.1) is 0 Å². The predicted octanol–water partition coefficient (Wildman–Crippen LogP) is 6.96. The highest BCUT2D eigenvalue weighted by molar-refractivity contribution is 5.92. The summed E-state index contributed by atoms with van der Waals surface area (Å²) in [6.07, 6.45) is 22.8. The van der Waals surface area contributed by atoms with Crippen LogP contribution in [0, 0.1) is 35.5 Å². The molecular formula is C24H40O. The normalized spacial score (nSPS) is 37.1. The summed E-state index contributed by atoms with van der Waals surface area (Å²) < 4.78 is 0. The summed E-state index contributed by atoms with van der Waals surface area (Å²) in [7, 11) is 0. The Morgan fingerprint density at radius 3 is 2.24 bits per heavy atom. The Bertz CT molecular complexity index is 451. The van der Waals surface area contributed by atoms with Crippen molar-refractivity contribution in [3.8, 4) is 0 Å². The van der Waals surface area contributed by atoms with Gasteiger partial charge in [0, 0.05) is 5.92 Å². The van der Waals surface area contributed by atoms with Crippen LogP contribution < -0.4 is 0 Å². The lowest BCUT2D eigenvalue weighted by molar-refractivity contribution is -0.118. The Balaban J connectivity index is 1.31. The van der Waals surface area contributed by atoms with Crippen LogP contribution in [0.3, 0.4) is 0 Å². The van der Waals surface area contributed by atoms with Crippen molar-refractivity contribution in [1.82, 2.24) is 0 Å². The number of unbranched alkanes of at least 4 members (excludes halogenated alkanes) is 7. The van der Waals surface area contributed by atoms with Gasteiger partial charge in [-0.2, -0.15) is 0 Å². The number of hydrogen-bond donors (Lipinski definition) is 0. The van der Waals surface area contributed by atoms with Crippen LogP contribution >= 0.6 is 0 Å². The molecule has 0 aromatic heterocycles. The molecule has 0 aromatic rings. The van der Waals surface area contributed by atoms with E-state index in [-0.39, 0.29) is 5.92 Å². The smallest absolute Gasteiger partial charge is 0.158 e. The molecule has 1 heteroatoms. The quantitative estimate of drug-likeness (QED) is 0.391. The Kier molecular flexibility index (Phi) is 7.19. The Morgan fingerprint density at radius 1 is 0.880 bits per heavy atom. The summed E-state index contributed by atoms with van der Waals surface area (Å²) >= 11 is 0. The molecule has 6 unspecified atom stereocenters. The minimum Gasteiger partial charge on any atom is -0.295 e. The Labute approximate surface area is 156 Å². The van der Waals surface area contributed by atoms with Gasteiger partial charge in [0.2, 0.25) is 0 Å². The van der Waals surface area contributed by atoms with E-state index in [1.165, 1.54) is 77.0 Å². The van der Waals surface area contributed by atoms with Gasteiger partial charge in [-0.3, -0.25) is 4.79 Å². The molecule has 25 heavy (non-hydrogen) atoms. The second-order valence-electron chi connectivity index (χ2n) is 9.48. The topological polar surface area (TPSA) is 17.1 Å². The van der Waals surface area contributed by atoms with Crippen LogP contribution in [0.4, 0.5) is 0 Å². The molecule has 0 radical (unpaired) electrons. The standard InChI is InChI=1S/C24H40O/c1-3-4-5-6-7-8-9-10-11-19-15-22-16-21(19)17-23(22)20-12-13-24(25)18(2)14-20/h12-13,18-23H,3-11,14-17H2,1-2H3. The minimum absolute atomic E-state index is 0.266. The van der Waals surface area contributed by atoms with Gasteiger partial charge in [-0.25, -0.2) is 0 Å². The van der Waals surface area contributed by atoms with Crippen LogP contribution in [0.5, 0.6) is 0 Å². The number of ketones is 1. The summed E-state index contributed by atoms with van der Waals surface area (Å²) in [4.78, 5) is 11.7. The van der Waals surface area contributed by atoms with Crippen molar-refractivity contribution >= 4 is 5.78 Å². The van der Waals surface area contributed by atoms with Crippen molar-refractivity contribution in [2.24, 2.45) is 35.5 Å². The summed E-state index contributed by atoms with van der Waals surface area (Å²) in [6, 6.07) is 0. The molecule has 1 nitrogen and oxygen atoms in total. The molecule has 0 aliphatic heterocycles. The van der Waals surface area contributed by atoms with Crippen LogP contribution in [0.2, 0.25) is 0 Å². The first-order valence-corrected chi connectivity index (χ1v) is 11.4. The van der Waals surface area contributed by atoms with Gasteiger partial charge in [-0.15, -0.1) is 0 Å². The first kappa shape index (κ1) is 19.2. The van der Waals surface area contributed by atoms with Crippen LogP contribution in [-0.4, -0.2) is 5.78 Å². The lowest BCUT2D eigenvalue weighted by atomic mass is 9.70. The molecular weight excluding hydrogens is 304 g/mol. The van der Waals surface area contributed by atoms with Crippen molar-refractivity contribution in [3.63, 3.8) is 0 Å². The Hall–Kier alpha value is -0.590. The lowest BCUT2D eigenvalue weighted by Gasteiger charge is -2.34. The number of hydrogen-bond acceptors (Lipinski definition) is 1. The number of allylic oxidation sites excluding steroid dienone is 2. The SMILES string of the molecule is CCCCCCCCCCC1CC2CC1CC2C1C=CC(=O)C(C)C1. The van der Waals surface area contributed by atoms with Crippen molar-refractivity contribution in [2.75, 3.05) is 0 Å². The average Bonchev–Trinajstić information content (AvgIpc) is 3.20. The Morgan fingerprint density at radius 2 is 1.60 bits per heavy atom. The third-order valence-corrected chi connectivity index (χ3v) is 7.66. The fourth-order valence-electron chi connectivity index (χ4n) is 6.16. The van der Waals surface area contributed by atoms with Gasteiger partial charge >= 0.3 is 0 Å². The molecule has 0 amide bonds. The maximum atomic E-state index is 11.7. The van der Waals surface area contributed by atoms with E-state index >= 15 is 0 Å². The predicted molar refractivity (Wildman–Crippen MR) is 106 cm³/mol. The van der Waals surface area contributed by atoms with E-state index in [1.807, 2.05) is 6.08 Å². The maximum Gasteiger partial charge on any atom is 0.158 e. The van der Waals surface area contributed by atoms with Crippen molar-refractivity contribution in [3.05, 3.63) is 12.2 Å². The summed E-state index contributed by atoms with van der Waals surface area (Å²) in [6.45, 7) is 4.42. The van der Waals surface area contributed by atoms with E-state index in [0.29, 0.717) is 11.7 Å². The molecule has 142 valence electrons.